The SMILES string of the molecule is CCN(C(C)Cc1ccccc1)C1CCCC1CN. The maximum absolute atomic E-state index is 5.94. The average molecular weight is 260 g/mol. The first-order chi connectivity index (χ1) is 9.26. The first-order valence-corrected chi connectivity index (χ1v) is 7.76. The highest BCUT2D eigenvalue weighted by atomic mass is 15.2. The van der Waals surface area contributed by atoms with Gasteiger partial charge < -0.3 is 5.73 Å². The molecule has 1 aromatic rings. The molecule has 3 unspecified atom stereocenters. The van der Waals surface area contributed by atoms with Gasteiger partial charge in [-0.05, 0) is 50.8 Å². The summed E-state index contributed by atoms with van der Waals surface area (Å²) in [5.74, 6) is 0.707. The van der Waals surface area contributed by atoms with E-state index in [1.807, 2.05) is 0 Å². The maximum atomic E-state index is 5.94. The monoisotopic (exact) mass is 260 g/mol. The van der Waals surface area contributed by atoms with E-state index in [1.54, 1.807) is 0 Å². The quantitative estimate of drug-likeness (QED) is 0.851. The van der Waals surface area contributed by atoms with E-state index in [9.17, 15) is 0 Å². The van der Waals surface area contributed by atoms with E-state index in [1.165, 1.54) is 24.8 Å². The molecule has 0 amide bonds. The molecule has 0 aromatic heterocycles. The zero-order valence-corrected chi connectivity index (χ0v) is 12.4. The summed E-state index contributed by atoms with van der Waals surface area (Å²) < 4.78 is 0. The van der Waals surface area contributed by atoms with Crippen LogP contribution in [-0.4, -0.2) is 30.1 Å². The van der Waals surface area contributed by atoms with Crippen LogP contribution in [0.2, 0.25) is 0 Å². The lowest BCUT2D eigenvalue weighted by Crippen LogP contribution is -2.46. The molecule has 0 saturated heterocycles. The van der Waals surface area contributed by atoms with E-state index in [0.29, 0.717) is 18.0 Å². The molecular formula is C17H28N2. The third-order valence-corrected chi connectivity index (χ3v) is 4.65. The van der Waals surface area contributed by atoms with Gasteiger partial charge in [-0.1, -0.05) is 43.7 Å². The maximum Gasteiger partial charge on any atom is 0.0138 e. The Morgan fingerprint density at radius 3 is 2.63 bits per heavy atom. The molecule has 1 aliphatic rings. The van der Waals surface area contributed by atoms with Crippen molar-refractivity contribution in [2.45, 2.75) is 51.6 Å². The Kier molecular flexibility index (Phi) is 5.41. The van der Waals surface area contributed by atoms with Crippen LogP contribution in [0.15, 0.2) is 30.3 Å². The highest BCUT2D eigenvalue weighted by Crippen LogP contribution is 2.30. The van der Waals surface area contributed by atoms with Crippen molar-refractivity contribution < 1.29 is 0 Å². The fourth-order valence-corrected chi connectivity index (χ4v) is 3.67. The van der Waals surface area contributed by atoms with Crippen molar-refractivity contribution in [2.24, 2.45) is 11.7 Å². The molecule has 0 heterocycles. The number of nitrogens with zero attached hydrogens (tertiary/aromatic N) is 1. The van der Waals surface area contributed by atoms with E-state index in [-0.39, 0.29) is 0 Å². The van der Waals surface area contributed by atoms with Crippen molar-refractivity contribution in [3.8, 4) is 0 Å². The van der Waals surface area contributed by atoms with Gasteiger partial charge in [0.25, 0.3) is 0 Å². The van der Waals surface area contributed by atoms with Gasteiger partial charge in [0, 0.05) is 12.1 Å². The minimum atomic E-state index is 0.601. The summed E-state index contributed by atoms with van der Waals surface area (Å²) in [5.41, 5.74) is 7.38. The first-order valence-electron chi connectivity index (χ1n) is 7.76. The van der Waals surface area contributed by atoms with E-state index < -0.39 is 0 Å². The van der Waals surface area contributed by atoms with Crippen LogP contribution in [0.1, 0.15) is 38.7 Å². The highest BCUT2D eigenvalue weighted by Gasteiger charge is 2.32. The second-order valence-electron chi connectivity index (χ2n) is 5.86. The molecule has 0 radical (unpaired) electrons. The third-order valence-electron chi connectivity index (χ3n) is 4.65. The minimum Gasteiger partial charge on any atom is -0.330 e. The molecule has 106 valence electrons. The molecule has 0 spiro atoms. The predicted molar refractivity (Wildman–Crippen MR) is 82.2 cm³/mol. The summed E-state index contributed by atoms with van der Waals surface area (Å²) in [5, 5.41) is 0. The minimum absolute atomic E-state index is 0.601. The zero-order chi connectivity index (χ0) is 13.7. The molecule has 2 nitrogen and oxygen atoms in total. The van der Waals surface area contributed by atoms with Crippen LogP contribution in [0.3, 0.4) is 0 Å². The fourth-order valence-electron chi connectivity index (χ4n) is 3.67. The molecule has 2 heteroatoms. The lowest BCUT2D eigenvalue weighted by Gasteiger charge is -2.36. The number of hydrogen-bond donors (Lipinski definition) is 1. The number of likely N-dealkylation sites (N-methyl/N-ethyl adjacent to an activating group) is 1. The number of benzene rings is 1. The Morgan fingerprint density at radius 2 is 2.00 bits per heavy atom. The number of hydrogen-bond acceptors (Lipinski definition) is 2. The van der Waals surface area contributed by atoms with Crippen LogP contribution >= 0.6 is 0 Å². The van der Waals surface area contributed by atoms with Gasteiger partial charge >= 0.3 is 0 Å². The molecule has 0 aliphatic heterocycles. The molecule has 1 aromatic carbocycles. The van der Waals surface area contributed by atoms with E-state index in [2.05, 4.69) is 49.1 Å². The summed E-state index contributed by atoms with van der Waals surface area (Å²) in [6.07, 6.45) is 5.13. The Morgan fingerprint density at radius 1 is 1.26 bits per heavy atom. The molecule has 1 saturated carbocycles. The van der Waals surface area contributed by atoms with Crippen LogP contribution < -0.4 is 5.73 Å². The Balaban J connectivity index is 2.00. The van der Waals surface area contributed by atoms with Gasteiger partial charge in [0.1, 0.15) is 0 Å². The summed E-state index contributed by atoms with van der Waals surface area (Å²) in [4.78, 5) is 2.68. The molecule has 1 fully saturated rings. The van der Waals surface area contributed by atoms with Crippen molar-refractivity contribution in [3.63, 3.8) is 0 Å². The van der Waals surface area contributed by atoms with Gasteiger partial charge in [0.05, 0.1) is 0 Å². The topological polar surface area (TPSA) is 29.3 Å². The second kappa shape index (κ2) is 7.06. The molecule has 2 rings (SSSR count). The zero-order valence-electron chi connectivity index (χ0n) is 12.4. The number of nitrogens with two attached hydrogens (primary N) is 1. The molecule has 2 N–H and O–H groups in total. The number of rotatable bonds is 6. The standard InChI is InChI=1S/C17H28N2/c1-3-19(17-11-7-10-16(17)13-18)14(2)12-15-8-5-4-6-9-15/h4-6,8-9,14,16-17H,3,7,10-13,18H2,1-2H3. The van der Waals surface area contributed by atoms with E-state index >= 15 is 0 Å². The summed E-state index contributed by atoms with van der Waals surface area (Å²) in [7, 11) is 0. The van der Waals surface area contributed by atoms with Crippen molar-refractivity contribution >= 4 is 0 Å². The summed E-state index contributed by atoms with van der Waals surface area (Å²) >= 11 is 0. The lowest BCUT2D eigenvalue weighted by molar-refractivity contribution is 0.123. The third kappa shape index (κ3) is 3.58. The summed E-state index contributed by atoms with van der Waals surface area (Å²) in [6.45, 7) is 6.63. The normalized spacial score (nSPS) is 24.8. The van der Waals surface area contributed by atoms with E-state index in [4.69, 9.17) is 5.73 Å². The van der Waals surface area contributed by atoms with Crippen LogP contribution in [0.5, 0.6) is 0 Å². The molecule has 1 aliphatic carbocycles. The smallest absolute Gasteiger partial charge is 0.0138 e. The van der Waals surface area contributed by atoms with Gasteiger partial charge in [-0.15, -0.1) is 0 Å². The molecule has 0 bridgehead atoms. The van der Waals surface area contributed by atoms with Gasteiger partial charge in [-0.2, -0.15) is 0 Å². The average Bonchev–Trinajstić information content (AvgIpc) is 2.89. The van der Waals surface area contributed by atoms with Gasteiger partial charge in [0.15, 0.2) is 0 Å². The molecular weight excluding hydrogens is 232 g/mol. The van der Waals surface area contributed by atoms with Crippen molar-refractivity contribution in [1.82, 2.24) is 4.90 Å². The predicted octanol–water partition coefficient (Wildman–Crippen LogP) is 3.07. The van der Waals surface area contributed by atoms with Gasteiger partial charge in [-0.3, -0.25) is 4.90 Å². The molecule has 3 atom stereocenters. The van der Waals surface area contributed by atoms with Crippen LogP contribution in [0.25, 0.3) is 0 Å². The largest absolute Gasteiger partial charge is 0.330 e. The van der Waals surface area contributed by atoms with Crippen LogP contribution in [-0.2, 0) is 6.42 Å². The second-order valence-corrected chi connectivity index (χ2v) is 5.86. The first kappa shape index (κ1) is 14.5. The van der Waals surface area contributed by atoms with Crippen molar-refractivity contribution in [1.29, 1.82) is 0 Å². The van der Waals surface area contributed by atoms with Crippen molar-refractivity contribution in [3.05, 3.63) is 35.9 Å². The van der Waals surface area contributed by atoms with Gasteiger partial charge in [-0.25, -0.2) is 0 Å². The summed E-state index contributed by atoms with van der Waals surface area (Å²) in [6, 6.07) is 12.1. The van der Waals surface area contributed by atoms with Crippen LogP contribution in [0.4, 0.5) is 0 Å². The molecule has 19 heavy (non-hydrogen) atoms. The Bertz CT molecular complexity index is 363. The van der Waals surface area contributed by atoms with Crippen LogP contribution in [0, 0.1) is 5.92 Å². The van der Waals surface area contributed by atoms with E-state index in [0.717, 1.165) is 19.5 Å². The highest BCUT2D eigenvalue weighted by molar-refractivity contribution is 5.15. The van der Waals surface area contributed by atoms with Gasteiger partial charge in [0.2, 0.25) is 0 Å². The Labute approximate surface area is 118 Å². The van der Waals surface area contributed by atoms with Crippen molar-refractivity contribution in [2.75, 3.05) is 13.1 Å². The Hall–Kier alpha value is -0.860. The lowest BCUT2D eigenvalue weighted by atomic mass is 9.98. The fraction of sp³-hybridized carbons (Fsp3) is 0.647.